The molecule has 0 aliphatic carbocycles. The Kier molecular flexibility index (Phi) is 6.59. The molecule has 2 aromatic rings. The van der Waals surface area contributed by atoms with E-state index in [1.165, 1.54) is 12.1 Å². The van der Waals surface area contributed by atoms with Crippen LogP contribution in [-0.2, 0) is 17.5 Å². The lowest BCUT2D eigenvalue weighted by molar-refractivity contribution is -0.137. The van der Waals surface area contributed by atoms with E-state index in [2.05, 4.69) is 15.2 Å². The molecule has 0 bridgehead atoms. The van der Waals surface area contributed by atoms with Gasteiger partial charge in [-0.15, -0.1) is 0 Å². The van der Waals surface area contributed by atoms with Gasteiger partial charge in [0, 0.05) is 18.8 Å². The van der Waals surface area contributed by atoms with Gasteiger partial charge in [-0.2, -0.15) is 13.2 Å². The Balaban J connectivity index is 1.47. The highest BCUT2D eigenvalue weighted by Gasteiger charge is 2.30. The number of carbonyl (C=O) groups is 1. The normalized spacial score (nSPS) is 16.6. The number of halogens is 3. The highest BCUT2D eigenvalue weighted by atomic mass is 19.4. The van der Waals surface area contributed by atoms with Crippen molar-refractivity contribution in [1.29, 1.82) is 0 Å². The maximum atomic E-state index is 12.6. The third kappa shape index (κ3) is 6.04. The van der Waals surface area contributed by atoms with E-state index >= 15 is 0 Å². The van der Waals surface area contributed by atoms with Crippen LogP contribution in [0.5, 0.6) is 0 Å². The van der Waals surface area contributed by atoms with Gasteiger partial charge in [-0.1, -0.05) is 0 Å². The Hall–Kier alpha value is -2.39. The van der Waals surface area contributed by atoms with E-state index in [0.717, 1.165) is 56.2 Å². The second-order valence-corrected chi connectivity index (χ2v) is 7.28. The first-order valence-corrected chi connectivity index (χ1v) is 9.55. The first-order chi connectivity index (χ1) is 13.7. The summed E-state index contributed by atoms with van der Waals surface area (Å²) >= 11 is 0. The van der Waals surface area contributed by atoms with Gasteiger partial charge < -0.3 is 9.73 Å². The van der Waals surface area contributed by atoms with E-state index in [0.29, 0.717) is 18.1 Å². The first kappa shape index (κ1) is 21.3. The molecule has 2 heterocycles. The summed E-state index contributed by atoms with van der Waals surface area (Å²) < 4.78 is 43.5. The number of nitrogens with zero attached hydrogens (tertiary/aromatic N) is 3. The largest absolute Gasteiger partial charge is 0.444 e. The summed E-state index contributed by atoms with van der Waals surface area (Å²) in [4.78, 5) is 21.0. The van der Waals surface area contributed by atoms with E-state index in [-0.39, 0.29) is 12.5 Å². The highest BCUT2D eigenvalue weighted by molar-refractivity contribution is 5.92. The lowest BCUT2D eigenvalue weighted by atomic mass is 10.2. The van der Waals surface area contributed by atoms with E-state index in [9.17, 15) is 18.0 Å². The molecule has 1 aliphatic rings. The minimum absolute atomic E-state index is 0.200. The number of aryl methyl sites for hydroxylation is 2. The zero-order chi connectivity index (χ0) is 21.0. The van der Waals surface area contributed by atoms with Crippen molar-refractivity contribution in [2.24, 2.45) is 0 Å². The second kappa shape index (κ2) is 8.96. The average Bonchev–Trinajstić information content (AvgIpc) is 2.82. The fourth-order valence-electron chi connectivity index (χ4n) is 3.28. The number of hydrogen-bond acceptors (Lipinski definition) is 5. The van der Waals surface area contributed by atoms with Gasteiger partial charge in [-0.25, -0.2) is 4.98 Å². The summed E-state index contributed by atoms with van der Waals surface area (Å²) in [6.45, 7) is 7.82. The monoisotopic (exact) mass is 410 g/mol. The Labute approximate surface area is 167 Å². The molecule has 0 spiro atoms. The molecule has 1 amide bonds. The minimum Gasteiger partial charge on any atom is -0.444 e. The van der Waals surface area contributed by atoms with Gasteiger partial charge in [0.05, 0.1) is 24.3 Å². The lowest BCUT2D eigenvalue weighted by Gasteiger charge is -2.20. The highest BCUT2D eigenvalue weighted by Crippen LogP contribution is 2.29. The van der Waals surface area contributed by atoms with Gasteiger partial charge in [-0.3, -0.25) is 14.6 Å². The molecule has 158 valence electrons. The van der Waals surface area contributed by atoms with Gasteiger partial charge in [0.2, 0.25) is 11.8 Å². The van der Waals surface area contributed by atoms with Crippen LogP contribution < -0.4 is 5.32 Å². The van der Waals surface area contributed by atoms with Crippen molar-refractivity contribution < 1.29 is 22.4 Å². The van der Waals surface area contributed by atoms with Crippen LogP contribution in [0.1, 0.15) is 29.3 Å². The third-order valence-electron chi connectivity index (χ3n) is 4.98. The molecule has 9 heteroatoms. The molecule has 0 radical (unpaired) electrons. The van der Waals surface area contributed by atoms with Crippen LogP contribution in [0.15, 0.2) is 28.7 Å². The predicted octanol–water partition coefficient (Wildman–Crippen LogP) is 3.46. The van der Waals surface area contributed by atoms with E-state index in [1.54, 1.807) is 0 Å². The molecule has 0 saturated carbocycles. The van der Waals surface area contributed by atoms with Crippen LogP contribution in [0.3, 0.4) is 0 Å². The van der Waals surface area contributed by atoms with Gasteiger partial charge in [0.25, 0.3) is 0 Å². The number of rotatable bonds is 5. The Morgan fingerprint density at radius 1 is 1.10 bits per heavy atom. The number of amides is 1. The Bertz CT molecular complexity index is 814. The number of oxazole rings is 1. The molecule has 6 nitrogen and oxygen atoms in total. The van der Waals surface area contributed by atoms with Crippen molar-refractivity contribution in [2.45, 2.75) is 33.0 Å². The maximum absolute atomic E-state index is 12.6. The second-order valence-electron chi connectivity index (χ2n) is 7.28. The number of anilines is 1. The summed E-state index contributed by atoms with van der Waals surface area (Å²) in [5, 5.41) is 2.66. The Morgan fingerprint density at radius 2 is 1.76 bits per heavy atom. The number of hydrogen-bond donors (Lipinski definition) is 1. The van der Waals surface area contributed by atoms with Gasteiger partial charge in [-0.05, 0) is 57.6 Å². The number of alkyl halides is 3. The molecule has 0 unspecified atom stereocenters. The topological polar surface area (TPSA) is 61.6 Å². The van der Waals surface area contributed by atoms with Crippen molar-refractivity contribution >= 4 is 11.6 Å². The van der Waals surface area contributed by atoms with Crippen LogP contribution in [0.25, 0.3) is 0 Å². The van der Waals surface area contributed by atoms with Crippen LogP contribution in [0.2, 0.25) is 0 Å². The number of benzene rings is 1. The van der Waals surface area contributed by atoms with Crippen LogP contribution in [0, 0.1) is 13.8 Å². The number of carbonyl (C=O) groups excluding carboxylic acids is 1. The summed E-state index contributed by atoms with van der Waals surface area (Å²) in [6, 6.07) is 4.47. The van der Waals surface area contributed by atoms with Crippen molar-refractivity contribution in [3.05, 3.63) is 47.2 Å². The molecular formula is C20H25F3N4O2. The van der Waals surface area contributed by atoms with Crippen molar-refractivity contribution in [3.8, 4) is 0 Å². The average molecular weight is 410 g/mol. The van der Waals surface area contributed by atoms with Crippen LogP contribution in [-0.4, -0.2) is 53.4 Å². The van der Waals surface area contributed by atoms with E-state index in [4.69, 9.17) is 4.42 Å². The SMILES string of the molecule is Cc1nc(CN2CCCN(CC(=O)Nc3ccc(C(F)(F)F)cc3)CC2)oc1C. The van der Waals surface area contributed by atoms with Crippen molar-refractivity contribution in [3.63, 3.8) is 0 Å². The predicted molar refractivity (Wildman–Crippen MR) is 102 cm³/mol. The molecular weight excluding hydrogens is 385 g/mol. The van der Waals surface area contributed by atoms with Gasteiger partial charge in [0.15, 0.2) is 0 Å². The summed E-state index contributed by atoms with van der Waals surface area (Å²) in [6.07, 6.45) is -3.48. The maximum Gasteiger partial charge on any atom is 0.416 e. The molecule has 1 aromatic carbocycles. The number of nitrogens with one attached hydrogen (secondary N) is 1. The standard InChI is InChI=1S/C20H25F3N4O2/c1-14-15(2)29-19(24-14)13-27-9-3-8-26(10-11-27)12-18(28)25-17-6-4-16(5-7-17)20(21,22)23/h4-7H,3,8-13H2,1-2H3,(H,25,28). The molecule has 3 rings (SSSR count). The van der Waals surface area contributed by atoms with Crippen molar-refractivity contribution in [1.82, 2.24) is 14.8 Å². The molecule has 29 heavy (non-hydrogen) atoms. The van der Waals surface area contributed by atoms with Crippen LogP contribution >= 0.6 is 0 Å². The van der Waals surface area contributed by atoms with Crippen LogP contribution in [0.4, 0.5) is 18.9 Å². The fourth-order valence-corrected chi connectivity index (χ4v) is 3.28. The Morgan fingerprint density at radius 3 is 2.38 bits per heavy atom. The zero-order valence-corrected chi connectivity index (χ0v) is 16.6. The van der Waals surface area contributed by atoms with E-state index in [1.807, 2.05) is 18.7 Å². The molecule has 1 aromatic heterocycles. The fraction of sp³-hybridized carbons (Fsp3) is 0.500. The molecule has 1 saturated heterocycles. The smallest absolute Gasteiger partial charge is 0.416 e. The molecule has 0 atom stereocenters. The zero-order valence-electron chi connectivity index (χ0n) is 16.6. The molecule has 1 N–H and O–H groups in total. The quantitative estimate of drug-likeness (QED) is 0.818. The van der Waals surface area contributed by atoms with Gasteiger partial charge in [0.1, 0.15) is 5.76 Å². The number of aromatic nitrogens is 1. The molecule has 1 aliphatic heterocycles. The van der Waals surface area contributed by atoms with Gasteiger partial charge >= 0.3 is 6.18 Å². The van der Waals surface area contributed by atoms with Crippen molar-refractivity contribution in [2.75, 3.05) is 38.0 Å². The summed E-state index contributed by atoms with van der Waals surface area (Å²) in [5.74, 6) is 1.29. The van der Waals surface area contributed by atoms with E-state index < -0.39 is 11.7 Å². The third-order valence-corrected chi connectivity index (χ3v) is 4.98. The first-order valence-electron chi connectivity index (χ1n) is 9.55. The lowest BCUT2D eigenvalue weighted by Crippen LogP contribution is -2.36. The molecule has 1 fully saturated rings. The summed E-state index contributed by atoms with van der Waals surface area (Å²) in [7, 11) is 0. The summed E-state index contributed by atoms with van der Waals surface area (Å²) in [5.41, 5.74) is 0.519. The minimum atomic E-state index is -4.39.